The van der Waals surface area contributed by atoms with Gasteiger partial charge in [-0.15, -0.1) is 0 Å². The minimum absolute atomic E-state index is 0.0346. The summed E-state index contributed by atoms with van der Waals surface area (Å²) < 4.78 is 3.51. The molecule has 5 nitrogen and oxygen atoms in total. The number of hydrogen-bond donors (Lipinski definition) is 1. The van der Waals surface area contributed by atoms with E-state index in [4.69, 9.17) is 0 Å². The molecule has 2 aromatic heterocycles. The van der Waals surface area contributed by atoms with Gasteiger partial charge in [-0.3, -0.25) is 9.13 Å². The van der Waals surface area contributed by atoms with E-state index in [0.717, 1.165) is 37.1 Å². The molecule has 0 aliphatic carbocycles. The molecule has 5 heteroatoms. The van der Waals surface area contributed by atoms with Gasteiger partial charge in [-0.1, -0.05) is 0 Å². The highest BCUT2D eigenvalue weighted by Gasteiger charge is 2.21. The third kappa shape index (κ3) is 1.58. The summed E-state index contributed by atoms with van der Waals surface area (Å²) in [6, 6.07) is 4.11. The van der Waals surface area contributed by atoms with Crippen molar-refractivity contribution in [3.63, 3.8) is 0 Å². The highest BCUT2D eigenvalue weighted by Crippen LogP contribution is 2.19. The van der Waals surface area contributed by atoms with E-state index in [1.807, 2.05) is 16.7 Å². The standard InChI is InChI=1S/C12H16N4O/c1-15-11-10(5-3-7-14-11)16(12(15)17)9-4-2-6-13-8-9/h3,5,7,9,13H,2,4,6,8H2,1H3. The van der Waals surface area contributed by atoms with Crippen LogP contribution in [0.4, 0.5) is 0 Å². The highest BCUT2D eigenvalue weighted by molar-refractivity contribution is 5.71. The molecule has 1 saturated heterocycles. The van der Waals surface area contributed by atoms with Crippen LogP contribution in [0.15, 0.2) is 23.1 Å². The van der Waals surface area contributed by atoms with Gasteiger partial charge in [0.1, 0.15) is 0 Å². The molecule has 3 heterocycles. The fourth-order valence-electron chi connectivity index (χ4n) is 2.60. The van der Waals surface area contributed by atoms with Crippen LogP contribution >= 0.6 is 0 Å². The van der Waals surface area contributed by atoms with Gasteiger partial charge in [-0.05, 0) is 31.5 Å². The van der Waals surface area contributed by atoms with Gasteiger partial charge in [-0.25, -0.2) is 9.78 Å². The molecule has 0 aromatic carbocycles. The molecule has 1 unspecified atom stereocenters. The number of piperidine rings is 1. The topological polar surface area (TPSA) is 51.9 Å². The molecule has 0 saturated carbocycles. The Balaban J connectivity index is 2.21. The van der Waals surface area contributed by atoms with E-state index in [9.17, 15) is 4.79 Å². The van der Waals surface area contributed by atoms with Crippen molar-refractivity contribution in [3.8, 4) is 0 Å². The second-order valence-electron chi connectivity index (χ2n) is 4.56. The number of aryl methyl sites for hydroxylation is 1. The summed E-state index contributed by atoms with van der Waals surface area (Å²) >= 11 is 0. The van der Waals surface area contributed by atoms with E-state index in [1.54, 1.807) is 17.8 Å². The number of nitrogens with zero attached hydrogens (tertiary/aromatic N) is 3. The maximum absolute atomic E-state index is 12.2. The molecule has 0 radical (unpaired) electrons. The van der Waals surface area contributed by atoms with Gasteiger partial charge < -0.3 is 5.32 Å². The van der Waals surface area contributed by atoms with Crippen molar-refractivity contribution < 1.29 is 0 Å². The Labute approximate surface area is 99.1 Å². The van der Waals surface area contributed by atoms with Crippen molar-refractivity contribution in [3.05, 3.63) is 28.8 Å². The predicted octanol–water partition coefficient (Wildman–Crippen LogP) is 0.659. The third-order valence-electron chi connectivity index (χ3n) is 3.47. The maximum Gasteiger partial charge on any atom is 0.330 e. The van der Waals surface area contributed by atoms with E-state index in [2.05, 4.69) is 10.3 Å². The zero-order valence-electron chi connectivity index (χ0n) is 9.89. The number of aromatic nitrogens is 3. The smallest absolute Gasteiger partial charge is 0.315 e. The molecule has 2 aromatic rings. The summed E-state index contributed by atoms with van der Waals surface area (Å²) in [7, 11) is 1.78. The summed E-state index contributed by atoms with van der Waals surface area (Å²) in [5, 5.41) is 3.35. The first-order chi connectivity index (χ1) is 8.29. The van der Waals surface area contributed by atoms with Gasteiger partial charge in [0.05, 0.1) is 11.6 Å². The minimum Gasteiger partial charge on any atom is -0.315 e. The fraction of sp³-hybridized carbons (Fsp3) is 0.500. The Morgan fingerprint density at radius 2 is 2.41 bits per heavy atom. The normalized spacial score (nSPS) is 20.9. The number of fused-ring (bicyclic) bond motifs is 1. The summed E-state index contributed by atoms with van der Waals surface area (Å²) in [6.07, 6.45) is 3.90. The van der Waals surface area contributed by atoms with Crippen LogP contribution in [0.5, 0.6) is 0 Å². The quantitative estimate of drug-likeness (QED) is 0.786. The summed E-state index contributed by atoms with van der Waals surface area (Å²) in [4.78, 5) is 16.5. The van der Waals surface area contributed by atoms with Gasteiger partial charge >= 0.3 is 5.69 Å². The second kappa shape index (κ2) is 4.00. The molecule has 3 rings (SSSR count). The lowest BCUT2D eigenvalue weighted by Gasteiger charge is -2.23. The molecule has 1 N–H and O–H groups in total. The summed E-state index contributed by atoms with van der Waals surface area (Å²) in [5.41, 5.74) is 1.74. The van der Waals surface area contributed by atoms with E-state index < -0.39 is 0 Å². The highest BCUT2D eigenvalue weighted by atomic mass is 16.1. The predicted molar refractivity (Wildman–Crippen MR) is 66.1 cm³/mol. The zero-order valence-corrected chi connectivity index (χ0v) is 9.89. The van der Waals surface area contributed by atoms with Crippen LogP contribution < -0.4 is 11.0 Å². The van der Waals surface area contributed by atoms with Crippen LogP contribution in [0.2, 0.25) is 0 Å². The van der Waals surface area contributed by atoms with Crippen LogP contribution in [0, 0.1) is 0 Å². The first-order valence-electron chi connectivity index (χ1n) is 6.01. The number of nitrogens with one attached hydrogen (secondary N) is 1. The lowest BCUT2D eigenvalue weighted by molar-refractivity contribution is 0.369. The molecule has 1 atom stereocenters. The van der Waals surface area contributed by atoms with Crippen LogP contribution in [-0.4, -0.2) is 27.2 Å². The van der Waals surface area contributed by atoms with Gasteiger partial charge in [0.25, 0.3) is 0 Å². The minimum atomic E-state index is 0.0346. The monoisotopic (exact) mass is 232 g/mol. The van der Waals surface area contributed by atoms with Crippen LogP contribution in [0.3, 0.4) is 0 Å². The van der Waals surface area contributed by atoms with Crippen molar-refractivity contribution in [1.29, 1.82) is 0 Å². The molecule has 1 fully saturated rings. The van der Waals surface area contributed by atoms with E-state index in [-0.39, 0.29) is 11.7 Å². The number of rotatable bonds is 1. The average molecular weight is 232 g/mol. The molecule has 1 aliphatic heterocycles. The Morgan fingerprint density at radius 3 is 3.18 bits per heavy atom. The number of imidazole rings is 1. The number of hydrogen-bond acceptors (Lipinski definition) is 3. The third-order valence-corrected chi connectivity index (χ3v) is 3.47. The van der Waals surface area contributed by atoms with Crippen LogP contribution in [0.25, 0.3) is 11.2 Å². The lowest BCUT2D eigenvalue weighted by atomic mass is 10.1. The molecule has 0 amide bonds. The van der Waals surface area contributed by atoms with E-state index >= 15 is 0 Å². The van der Waals surface area contributed by atoms with Gasteiger partial charge in [-0.2, -0.15) is 0 Å². The molecule has 0 bridgehead atoms. The Hall–Kier alpha value is -1.62. The lowest BCUT2D eigenvalue weighted by Crippen LogP contribution is -2.36. The first-order valence-corrected chi connectivity index (χ1v) is 6.01. The molecule has 17 heavy (non-hydrogen) atoms. The summed E-state index contributed by atoms with van der Waals surface area (Å²) in [5.74, 6) is 0. The van der Waals surface area contributed by atoms with Crippen molar-refractivity contribution >= 4 is 11.2 Å². The van der Waals surface area contributed by atoms with Crippen molar-refractivity contribution in [2.45, 2.75) is 18.9 Å². The molecule has 0 spiro atoms. The van der Waals surface area contributed by atoms with Crippen LogP contribution in [-0.2, 0) is 7.05 Å². The SMILES string of the molecule is Cn1c(=O)n(C2CCCNC2)c2cccnc21. The Kier molecular flexibility index (Phi) is 2.48. The zero-order chi connectivity index (χ0) is 11.8. The Bertz CT molecular complexity index is 592. The summed E-state index contributed by atoms with van der Waals surface area (Å²) in [6.45, 7) is 1.92. The van der Waals surface area contributed by atoms with Crippen molar-refractivity contribution in [1.82, 2.24) is 19.4 Å². The molecule has 1 aliphatic rings. The van der Waals surface area contributed by atoms with E-state index in [1.165, 1.54) is 0 Å². The average Bonchev–Trinajstić information content (AvgIpc) is 2.64. The molecule has 90 valence electrons. The van der Waals surface area contributed by atoms with Crippen molar-refractivity contribution in [2.24, 2.45) is 7.05 Å². The van der Waals surface area contributed by atoms with E-state index in [0.29, 0.717) is 0 Å². The van der Waals surface area contributed by atoms with Crippen LogP contribution in [0.1, 0.15) is 18.9 Å². The first kappa shape index (κ1) is 10.5. The largest absolute Gasteiger partial charge is 0.330 e. The van der Waals surface area contributed by atoms with Gasteiger partial charge in [0.15, 0.2) is 5.65 Å². The van der Waals surface area contributed by atoms with Crippen molar-refractivity contribution in [2.75, 3.05) is 13.1 Å². The van der Waals surface area contributed by atoms with Gasteiger partial charge in [0.2, 0.25) is 0 Å². The maximum atomic E-state index is 12.2. The Morgan fingerprint density at radius 1 is 1.53 bits per heavy atom. The second-order valence-corrected chi connectivity index (χ2v) is 4.56. The number of pyridine rings is 1. The molecular formula is C12H16N4O. The molecular weight excluding hydrogens is 216 g/mol. The van der Waals surface area contributed by atoms with Gasteiger partial charge in [0, 0.05) is 19.8 Å². The fourth-order valence-corrected chi connectivity index (χ4v) is 2.60.